The van der Waals surface area contributed by atoms with E-state index < -0.39 is 11.6 Å². The van der Waals surface area contributed by atoms with Gasteiger partial charge in [-0.05, 0) is 61.1 Å². The fourth-order valence-electron chi connectivity index (χ4n) is 3.89. The number of hydrogen-bond acceptors (Lipinski definition) is 5. The summed E-state index contributed by atoms with van der Waals surface area (Å²) in [6.45, 7) is 7.57. The van der Waals surface area contributed by atoms with Gasteiger partial charge in [0, 0.05) is 12.8 Å². The van der Waals surface area contributed by atoms with Crippen LogP contribution in [0.2, 0.25) is 5.02 Å². The number of hydrogen-bond donors (Lipinski definition) is 3. The summed E-state index contributed by atoms with van der Waals surface area (Å²) < 4.78 is 11.3. The van der Waals surface area contributed by atoms with Gasteiger partial charge in [-0.15, -0.1) is 0 Å². The molecule has 8 heteroatoms. The number of benzene rings is 1. The van der Waals surface area contributed by atoms with Gasteiger partial charge in [-0.3, -0.25) is 0 Å². The molecule has 31 heavy (non-hydrogen) atoms. The largest absolute Gasteiger partial charge is 0.490 e. The predicted molar refractivity (Wildman–Crippen MR) is 122 cm³/mol. The number of aromatic nitrogens is 1. The van der Waals surface area contributed by atoms with Crippen molar-refractivity contribution in [2.45, 2.75) is 45.2 Å². The maximum atomic E-state index is 11.2. The molecule has 1 aliphatic rings. The van der Waals surface area contributed by atoms with Crippen LogP contribution in [-0.2, 0) is 4.74 Å². The van der Waals surface area contributed by atoms with Crippen molar-refractivity contribution in [3.8, 4) is 16.9 Å². The normalized spacial score (nSPS) is 17.9. The van der Waals surface area contributed by atoms with Crippen LogP contribution in [0.4, 0.5) is 10.6 Å². The molecule has 0 saturated carbocycles. The molecule has 3 N–H and O–H groups in total. The van der Waals surface area contributed by atoms with Crippen molar-refractivity contribution in [2.24, 2.45) is 5.92 Å². The number of halogens is 1. The van der Waals surface area contributed by atoms with Crippen LogP contribution in [0, 0.1) is 5.92 Å². The minimum Gasteiger partial charge on any atom is -0.490 e. The van der Waals surface area contributed by atoms with E-state index in [9.17, 15) is 9.90 Å². The van der Waals surface area contributed by atoms with Crippen LogP contribution in [0.15, 0.2) is 36.5 Å². The first-order valence-electron chi connectivity index (χ1n) is 10.5. The third-order valence-corrected chi connectivity index (χ3v) is 5.42. The highest BCUT2D eigenvalue weighted by atomic mass is 35.5. The number of amides is 1. The smallest absolute Gasteiger partial charge is 0.405 e. The van der Waals surface area contributed by atoms with E-state index in [2.05, 4.69) is 15.6 Å². The first-order chi connectivity index (χ1) is 14.7. The Morgan fingerprint density at radius 3 is 2.77 bits per heavy atom. The summed E-state index contributed by atoms with van der Waals surface area (Å²) in [5.41, 5.74) is 1.22. The average Bonchev–Trinajstić information content (AvgIpc) is 3.19. The van der Waals surface area contributed by atoms with Crippen LogP contribution in [-0.4, -0.2) is 47.6 Å². The Bertz CT molecular complexity index is 902. The fraction of sp³-hybridized carbons (Fsp3) is 0.478. The quantitative estimate of drug-likeness (QED) is 0.498. The standard InChI is InChI=1S/C23H30ClN3O4/c1-15(2)12-23(3,27-22(28)29)14-31-20-5-4-16(10-19(20)24)17-6-8-25-21(11-17)26-18-7-9-30-13-18/h4-6,8,10-11,15,18,27H,7,9,12-14H2,1-3H3,(H,25,26)(H,28,29). The summed E-state index contributed by atoms with van der Waals surface area (Å²) in [5.74, 6) is 1.63. The second kappa shape index (κ2) is 10.2. The maximum absolute atomic E-state index is 11.2. The van der Waals surface area contributed by atoms with Crippen molar-refractivity contribution in [1.82, 2.24) is 10.3 Å². The molecule has 7 nitrogen and oxygen atoms in total. The number of carbonyl (C=O) groups is 1. The molecule has 1 amide bonds. The van der Waals surface area contributed by atoms with E-state index in [1.807, 2.05) is 51.1 Å². The molecule has 1 saturated heterocycles. The maximum Gasteiger partial charge on any atom is 0.405 e. The molecule has 0 bridgehead atoms. The highest BCUT2D eigenvalue weighted by molar-refractivity contribution is 6.32. The van der Waals surface area contributed by atoms with Crippen molar-refractivity contribution < 1.29 is 19.4 Å². The zero-order chi connectivity index (χ0) is 22.4. The highest BCUT2D eigenvalue weighted by Crippen LogP contribution is 2.32. The van der Waals surface area contributed by atoms with Gasteiger partial charge in [0.2, 0.25) is 0 Å². The van der Waals surface area contributed by atoms with E-state index in [1.54, 1.807) is 6.20 Å². The molecule has 1 aromatic heterocycles. The molecule has 3 rings (SSSR count). The Hall–Kier alpha value is -2.51. The van der Waals surface area contributed by atoms with Crippen molar-refractivity contribution in [3.63, 3.8) is 0 Å². The van der Waals surface area contributed by atoms with Crippen molar-refractivity contribution >= 4 is 23.5 Å². The first-order valence-corrected chi connectivity index (χ1v) is 10.9. The van der Waals surface area contributed by atoms with E-state index in [4.69, 9.17) is 21.1 Å². The van der Waals surface area contributed by atoms with Crippen molar-refractivity contribution in [2.75, 3.05) is 25.1 Å². The molecule has 0 spiro atoms. The SMILES string of the molecule is CC(C)CC(C)(COc1ccc(-c2ccnc(NC3CCOC3)c2)cc1Cl)NC(=O)O. The summed E-state index contributed by atoms with van der Waals surface area (Å²) >= 11 is 6.49. The number of carboxylic acid groups (broad SMARTS) is 1. The number of anilines is 1. The topological polar surface area (TPSA) is 92.7 Å². The Balaban J connectivity index is 1.70. The monoisotopic (exact) mass is 447 g/mol. The number of rotatable bonds is 9. The molecule has 1 fully saturated rings. The van der Waals surface area contributed by atoms with Crippen LogP contribution >= 0.6 is 11.6 Å². The summed E-state index contributed by atoms with van der Waals surface area (Å²) in [6.07, 6.45) is 2.31. The van der Waals surface area contributed by atoms with Crippen LogP contribution in [0.1, 0.15) is 33.6 Å². The first kappa shape index (κ1) is 23.2. The molecule has 2 aromatic rings. The van der Waals surface area contributed by atoms with E-state index in [0.717, 1.165) is 30.0 Å². The summed E-state index contributed by atoms with van der Waals surface area (Å²) in [4.78, 5) is 15.6. The Labute approximate surface area is 188 Å². The van der Waals surface area contributed by atoms with E-state index in [0.29, 0.717) is 29.7 Å². The lowest BCUT2D eigenvalue weighted by atomic mass is 9.91. The highest BCUT2D eigenvalue weighted by Gasteiger charge is 2.29. The van der Waals surface area contributed by atoms with Gasteiger partial charge in [0.05, 0.1) is 23.2 Å². The van der Waals surface area contributed by atoms with Crippen molar-refractivity contribution in [3.05, 3.63) is 41.6 Å². The van der Waals surface area contributed by atoms with E-state index >= 15 is 0 Å². The minimum absolute atomic E-state index is 0.184. The Morgan fingerprint density at radius 2 is 2.13 bits per heavy atom. The van der Waals surface area contributed by atoms with Crippen LogP contribution in [0.25, 0.3) is 11.1 Å². The van der Waals surface area contributed by atoms with Gasteiger partial charge in [0.25, 0.3) is 0 Å². The molecule has 0 radical (unpaired) electrons. The number of nitrogens with one attached hydrogen (secondary N) is 2. The van der Waals surface area contributed by atoms with Crippen LogP contribution < -0.4 is 15.4 Å². The van der Waals surface area contributed by atoms with Gasteiger partial charge >= 0.3 is 6.09 Å². The zero-order valence-electron chi connectivity index (χ0n) is 18.2. The third-order valence-electron chi connectivity index (χ3n) is 5.12. The summed E-state index contributed by atoms with van der Waals surface area (Å²) in [6, 6.07) is 9.79. The lowest BCUT2D eigenvalue weighted by Gasteiger charge is -2.31. The number of pyridine rings is 1. The molecule has 1 aromatic carbocycles. The predicted octanol–water partition coefficient (Wildman–Crippen LogP) is 5.05. The molecule has 2 heterocycles. The van der Waals surface area contributed by atoms with Crippen LogP contribution in [0.3, 0.4) is 0 Å². The van der Waals surface area contributed by atoms with E-state index in [1.165, 1.54) is 0 Å². The summed E-state index contributed by atoms with van der Waals surface area (Å²) in [5, 5.41) is 15.6. The molecule has 1 aliphatic heterocycles. The number of nitrogens with zero attached hydrogens (tertiary/aromatic N) is 1. The third kappa shape index (κ3) is 6.74. The molecule has 2 unspecified atom stereocenters. The lowest BCUT2D eigenvalue weighted by molar-refractivity contribution is 0.143. The zero-order valence-corrected chi connectivity index (χ0v) is 18.9. The molecular formula is C23H30ClN3O4. The van der Waals surface area contributed by atoms with Gasteiger partial charge in [0.15, 0.2) is 0 Å². The van der Waals surface area contributed by atoms with Gasteiger partial charge < -0.3 is 25.2 Å². The molecular weight excluding hydrogens is 418 g/mol. The second-order valence-corrected chi connectivity index (χ2v) is 9.06. The summed E-state index contributed by atoms with van der Waals surface area (Å²) in [7, 11) is 0. The van der Waals surface area contributed by atoms with E-state index in [-0.39, 0.29) is 12.6 Å². The molecule has 2 atom stereocenters. The lowest BCUT2D eigenvalue weighted by Crippen LogP contribution is -2.50. The Morgan fingerprint density at radius 1 is 1.35 bits per heavy atom. The molecule has 168 valence electrons. The van der Waals surface area contributed by atoms with Crippen LogP contribution in [0.5, 0.6) is 5.75 Å². The number of ether oxygens (including phenoxy) is 2. The Kier molecular flexibility index (Phi) is 7.62. The average molecular weight is 448 g/mol. The van der Waals surface area contributed by atoms with Gasteiger partial charge in [-0.2, -0.15) is 0 Å². The van der Waals surface area contributed by atoms with Gasteiger partial charge in [0.1, 0.15) is 18.2 Å². The molecule has 0 aliphatic carbocycles. The second-order valence-electron chi connectivity index (χ2n) is 8.66. The fourth-order valence-corrected chi connectivity index (χ4v) is 4.12. The van der Waals surface area contributed by atoms with Gasteiger partial charge in [-0.25, -0.2) is 9.78 Å². The van der Waals surface area contributed by atoms with Crippen molar-refractivity contribution in [1.29, 1.82) is 0 Å². The van der Waals surface area contributed by atoms with Gasteiger partial charge in [-0.1, -0.05) is 31.5 Å². The minimum atomic E-state index is -1.07.